The zero-order valence-electron chi connectivity index (χ0n) is 11.4. The Balaban J connectivity index is 1.83. The monoisotopic (exact) mass is 344 g/mol. The summed E-state index contributed by atoms with van der Waals surface area (Å²) >= 11 is 3.41. The number of aromatic nitrogens is 2. The fourth-order valence-electron chi connectivity index (χ4n) is 2.05. The van der Waals surface area contributed by atoms with Gasteiger partial charge in [0.25, 0.3) is 0 Å². The van der Waals surface area contributed by atoms with Crippen molar-refractivity contribution in [3.05, 3.63) is 64.5 Å². The first-order valence-electron chi connectivity index (χ1n) is 6.46. The van der Waals surface area contributed by atoms with Gasteiger partial charge in [-0.25, -0.2) is 0 Å². The molecule has 1 heterocycles. The van der Waals surface area contributed by atoms with Crippen molar-refractivity contribution >= 4 is 15.9 Å². The number of para-hydroxylation sites is 1. The number of benzene rings is 2. The van der Waals surface area contributed by atoms with Crippen LogP contribution in [0.5, 0.6) is 5.75 Å². The van der Waals surface area contributed by atoms with Crippen molar-refractivity contribution in [2.75, 3.05) is 7.11 Å². The predicted octanol–water partition coefficient (Wildman–Crippen LogP) is 4.10. The van der Waals surface area contributed by atoms with Crippen LogP contribution in [0.15, 0.2) is 57.5 Å². The average molecular weight is 345 g/mol. The molecule has 5 heteroatoms. The van der Waals surface area contributed by atoms with Gasteiger partial charge in [-0.05, 0) is 30.3 Å². The van der Waals surface area contributed by atoms with E-state index >= 15 is 0 Å². The summed E-state index contributed by atoms with van der Waals surface area (Å²) in [5.41, 5.74) is 1.94. The van der Waals surface area contributed by atoms with E-state index in [1.54, 1.807) is 7.11 Å². The first-order chi connectivity index (χ1) is 10.3. The van der Waals surface area contributed by atoms with Crippen LogP contribution >= 0.6 is 15.9 Å². The molecule has 0 spiro atoms. The maximum Gasteiger partial charge on any atom is 0.231 e. The van der Waals surface area contributed by atoms with E-state index in [4.69, 9.17) is 9.26 Å². The van der Waals surface area contributed by atoms with Crippen LogP contribution in [0.2, 0.25) is 0 Å². The lowest BCUT2D eigenvalue weighted by atomic mass is 10.1. The lowest BCUT2D eigenvalue weighted by Gasteiger charge is -2.04. The second-order valence-electron chi connectivity index (χ2n) is 4.51. The van der Waals surface area contributed by atoms with Crippen molar-refractivity contribution in [3.63, 3.8) is 0 Å². The number of ether oxygens (including phenoxy) is 1. The van der Waals surface area contributed by atoms with E-state index in [1.807, 2.05) is 48.5 Å². The molecular formula is C16H13BrN2O2. The third-order valence-electron chi connectivity index (χ3n) is 3.10. The molecule has 0 atom stereocenters. The van der Waals surface area contributed by atoms with E-state index in [0.29, 0.717) is 18.1 Å². The van der Waals surface area contributed by atoms with Crippen molar-refractivity contribution < 1.29 is 9.26 Å². The molecule has 0 fully saturated rings. The van der Waals surface area contributed by atoms with Crippen LogP contribution in [0.3, 0.4) is 0 Å². The highest BCUT2D eigenvalue weighted by Crippen LogP contribution is 2.23. The molecule has 1 aromatic heterocycles. The fourth-order valence-corrected chi connectivity index (χ4v) is 2.32. The van der Waals surface area contributed by atoms with Gasteiger partial charge in [0.15, 0.2) is 0 Å². The van der Waals surface area contributed by atoms with Gasteiger partial charge in [-0.15, -0.1) is 0 Å². The highest BCUT2D eigenvalue weighted by Gasteiger charge is 2.11. The Hall–Kier alpha value is -2.14. The summed E-state index contributed by atoms with van der Waals surface area (Å²) in [6.07, 6.45) is 0.549. The molecule has 0 bridgehead atoms. The number of halogens is 1. The molecule has 0 radical (unpaired) electrons. The van der Waals surface area contributed by atoms with Gasteiger partial charge < -0.3 is 9.26 Å². The quantitative estimate of drug-likeness (QED) is 0.714. The number of hydrogen-bond donors (Lipinski definition) is 0. The molecule has 0 unspecified atom stereocenters. The van der Waals surface area contributed by atoms with Crippen LogP contribution in [0.4, 0.5) is 0 Å². The molecule has 0 aliphatic rings. The van der Waals surface area contributed by atoms with Gasteiger partial charge in [0.2, 0.25) is 11.7 Å². The van der Waals surface area contributed by atoms with E-state index in [0.717, 1.165) is 21.3 Å². The molecular weight excluding hydrogens is 332 g/mol. The van der Waals surface area contributed by atoms with Gasteiger partial charge in [0, 0.05) is 15.6 Å². The Morgan fingerprint density at radius 2 is 1.86 bits per heavy atom. The Bertz CT molecular complexity index is 738. The summed E-state index contributed by atoms with van der Waals surface area (Å²) in [7, 11) is 1.65. The van der Waals surface area contributed by atoms with Gasteiger partial charge >= 0.3 is 0 Å². The van der Waals surface area contributed by atoms with Gasteiger partial charge in [0.1, 0.15) is 5.75 Å². The number of nitrogens with zero attached hydrogens (tertiary/aromatic N) is 2. The SMILES string of the molecule is COc1ccccc1Cc1nc(-c2ccc(Br)cc2)no1. The summed E-state index contributed by atoms with van der Waals surface area (Å²) in [5, 5.41) is 4.03. The van der Waals surface area contributed by atoms with E-state index in [1.165, 1.54) is 0 Å². The van der Waals surface area contributed by atoms with Gasteiger partial charge in [-0.1, -0.05) is 39.3 Å². The minimum absolute atomic E-state index is 0.549. The predicted molar refractivity (Wildman–Crippen MR) is 83.2 cm³/mol. The summed E-state index contributed by atoms with van der Waals surface area (Å²) < 4.78 is 11.7. The summed E-state index contributed by atoms with van der Waals surface area (Å²) in [5.74, 6) is 1.98. The Morgan fingerprint density at radius 3 is 2.62 bits per heavy atom. The number of hydrogen-bond acceptors (Lipinski definition) is 4. The van der Waals surface area contributed by atoms with Crippen molar-refractivity contribution in [2.24, 2.45) is 0 Å². The van der Waals surface area contributed by atoms with Crippen LogP contribution in [0.1, 0.15) is 11.5 Å². The zero-order valence-corrected chi connectivity index (χ0v) is 13.0. The Kier molecular flexibility index (Phi) is 4.01. The van der Waals surface area contributed by atoms with Gasteiger partial charge in [-0.2, -0.15) is 4.98 Å². The average Bonchev–Trinajstić information content (AvgIpc) is 2.97. The molecule has 0 saturated heterocycles. The van der Waals surface area contributed by atoms with E-state index in [9.17, 15) is 0 Å². The lowest BCUT2D eigenvalue weighted by molar-refractivity contribution is 0.379. The Morgan fingerprint density at radius 1 is 1.10 bits per heavy atom. The van der Waals surface area contributed by atoms with E-state index in [-0.39, 0.29) is 0 Å². The normalized spacial score (nSPS) is 10.6. The van der Waals surface area contributed by atoms with Crippen molar-refractivity contribution in [3.8, 4) is 17.1 Å². The zero-order chi connectivity index (χ0) is 14.7. The molecule has 0 N–H and O–H groups in total. The third kappa shape index (κ3) is 3.13. The molecule has 0 amide bonds. The molecule has 2 aromatic carbocycles. The second-order valence-corrected chi connectivity index (χ2v) is 5.42. The first kappa shape index (κ1) is 13.8. The highest BCUT2D eigenvalue weighted by atomic mass is 79.9. The van der Waals surface area contributed by atoms with Crippen LogP contribution in [-0.4, -0.2) is 17.3 Å². The van der Waals surface area contributed by atoms with Crippen molar-refractivity contribution in [2.45, 2.75) is 6.42 Å². The molecule has 0 saturated carbocycles. The topological polar surface area (TPSA) is 48.2 Å². The maximum atomic E-state index is 5.33. The maximum absolute atomic E-state index is 5.33. The molecule has 3 aromatic rings. The number of rotatable bonds is 4. The largest absolute Gasteiger partial charge is 0.496 e. The van der Waals surface area contributed by atoms with Crippen LogP contribution in [-0.2, 0) is 6.42 Å². The van der Waals surface area contributed by atoms with Crippen molar-refractivity contribution in [1.82, 2.24) is 10.1 Å². The van der Waals surface area contributed by atoms with Crippen LogP contribution < -0.4 is 4.74 Å². The lowest BCUT2D eigenvalue weighted by Crippen LogP contribution is -1.93. The standard InChI is InChI=1S/C16H13BrN2O2/c1-20-14-5-3-2-4-12(14)10-15-18-16(19-21-15)11-6-8-13(17)9-7-11/h2-9H,10H2,1H3. The smallest absolute Gasteiger partial charge is 0.231 e. The Labute approximate surface area is 130 Å². The van der Waals surface area contributed by atoms with E-state index in [2.05, 4.69) is 26.1 Å². The first-order valence-corrected chi connectivity index (χ1v) is 7.26. The van der Waals surface area contributed by atoms with Gasteiger partial charge in [0.05, 0.1) is 13.5 Å². The summed E-state index contributed by atoms with van der Waals surface area (Å²) in [4.78, 5) is 4.43. The summed E-state index contributed by atoms with van der Waals surface area (Å²) in [6, 6.07) is 15.6. The van der Waals surface area contributed by atoms with Crippen LogP contribution in [0, 0.1) is 0 Å². The van der Waals surface area contributed by atoms with Gasteiger partial charge in [-0.3, -0.25) is 0 Å². The van der Waals surface area contributed by atoms with E-state index < -0.39 is 0 Å². The molecule has 0 aliphatic carbocycles. The third-order valence-corrected chi connectivity index (χ3v) is 3.63. The molecule has 3 rings (SSSR count). The molecule has 4 nitrogen and oxygen atoms in total. The van der Waals surface area contributed by atoms with Crippen molar-refractivity contribution in [1.29, 1.82) is 0 Å². The highest BCUT2D eigenvalue weighted by molar-refractivity contribution is 9.10. The molecule has 21 heavy (non-hydrogen) atoms. The number of methoxy groups -OCH3 is 1. The second kappa shape index (κ2) is 6.10. The minimum Gasteiger partial charge on any atom is -0.496 e. The molecule has 0 aliphatic heterocycles. The van der Waals surface area contributed by atoms with Crippen LogP contribution in [0.25, 0.3) is 11.4 Å². The summed E-state index contributed by atoms with van der Waals surface area (Å²) in [6.45, 7) is 0. The fraction of sp³-hybridized carbons (Fsp3) is 0.125. The minimum atomic E-state index is 0.549. The molecule has 106 valence electrons.